The molecule has 0 fully saturated rings. The van der Waals surface area contributed by atoms with Crippen molar-refractivity contribution < 1.29 is 14.3 Å². The van der Waals surface area contributed by atoms with E-state index in [1.54, 1.807) is 24.3 Å². The summed E-state index contributed by atoms with van der Waals surface area (Å²) in [6, 6.07) is 24.8. The SMILES string of the molecule is CCCCCc1ccc(OC(=O)c2ccc(OCc3ccccc3)cc2)cc1. The van der Waals surface area contributed by atoms with Gasteiger partial charge < -0.3 is 9.47 Å². The molecule has 0 saturated heterocycles. The van der Waals surface area contributed by atoms with Gasteiger partial charge >= 0.3 is 5.97 Å². The number of hydrogen-bond acceptors (Lipinski definition) is 3. The van der Waals surface area contributed by atoms with Gasteiger partial charge in [-0.05, 0) is 60.4 Å². The van der Waals surface area contributed by atoms with Gasteiger partial charge in [-0.2, -0.15) is 0 Å². The molecule has 0 aliphatic carbocycles. The summed E-state index contributed by atoms with van der Waals surface area (Å²) < 4.78 is 11.2. The van der Waals surface area contributed by atoms with Gasteiger partial charge in [-0.25, -0.2) is 4.79 Å². The number of carbonyl (C=O) groups excluding carboxylic acids is 1. The van der Waals surface area contributed by atoms with E-state index in [1.165, 1.54) is 24.8 Å². The first kappa shape index (κ1) is 19.7. The molecule has 0 N–H and O–H groups in total. The van der Waals surface area contributed by atoms with Gasteiger partial charge in [-0.1, -0.05) is 62.2 Å². The lowest BCUT2D eigenvalue weighted by Gasteiger charge is -2.08. The Bertz CT molecular complexity index is 853. The van der Waals surface area contributed by atoms with Gasteiger partial charge in [0.15, 0.2) is 0 Å². The summed E-state index contributed by atoms with van der Waals surface area (Å²) >= 11 is 0. The van der Waals surface area contributed by atoms with Crippen LogP contribution in [0.3, 0.4) is 0 Å². The van der Waals surface area contributed by atoms with Crippen LogP contribution in [0.25, 0.3) is 0 Å². The molecule has 0 atom stereocenters. The monoisotopic (exact) mass is 374 g/mol. The van der Waals surface area contributed by atoms with Gasteiger partial charge in [0, 0.05) is 0 Å². The van der Waals surface area contributed by atoms with Gasteiger partial charge in [0.2, 0.25) is 0 Å². The predicted molar refractivity (Wildman–Crippen MR) is 112 cm³/mol. The van der Waals surface area contributed by atoms with Crippen molar-refractivity contribution in [3.8, 4) is 11.5 Å². The maximum absolute atomic E-state index is 12.3. The molecule has 0 spiro atoms. The first-order valence-electron chi connectivity index (χ1n) is 9.82. The lowest BCUT2D eigenvalue weighted by Crippen LogP contribution is -2.08. The summed E-state index contributed by atoms with van der Waals surface area (Å²) in [4.78, 5) is 12.3. The van der Waals surface area contributed by atoms with Crippen LogP contribution >= 0.6 is 0 Å². The van der Waals surface area contributed by atoms with E-state index >= 15 is 0 Å². The lowest BCUT2D eigenvalue weighted by atomic mass is 10.1. The molecule has 3 rings (SSSR count). The Morgan fingerprint density at radius 3 is 2.11 bits per heavy atom. The predicted octanol–water partition coefficient (Wildman–Crippen LogP) is 6.22. The minimum atomic E-state index is -0.367. The van der Waals surface area contributed by atoms with E-state index in [1.807, 2.05) is 54.6 Å². The fourth-order valence-electron chi connectivity index (χ4n) is 2.90. The highest BCUT2D eigenvalue weighted by atomic mass is 16.5. The molecule has 3 nitrogen and oxygen atoms in total. The maximum Gasteiger partial charge on any atom is 0.343 e. The van der Waals surface area contributed by atoms with E-state index in [4.69, 9.17) is 9.47 Å². The molecule has 28 heavy (non-hydrogen) atoms. The average Bonchev–Trinajstić information content (AvgIpc) is 2.75. The number of aryl methyl sites for hydroxylation is 1. The van der Waals surface area contributed by atoms with Crippen molar-refractivity contribution in [2.75, 3.05) is 0 Å². The molecule has 0 heterocycles. The fraction of sp³-hybridized carbons (Fsp3) is 0.240. The van der Waals surface area contributed by atoms with Crippen molar-refractivity contribution in [3.05, 3.63) is 95.6 Å². The third kappa shape index (κ3) is 5.98. The first-order valence-corrected chi connectivity index (χ1v) is 9.82. The smallest absolute Gasteiger partial charge is 0.343 e. The van der Waals surface area contributed by atoms with Crippen LogP contribution < -0.4 is 9.47 Å². The second-order valence-electron chi connectivity index (χ2n) is 6.79. The zero-order valence-corrected chi connectivity index (χ0v) is 16.3. The van der Waals surface area contributed by atoms with E-state index in [9.17, 15) is 4.79 Å². The minimum absolute atomic E-state index is 0.367. The molecular formula is C25H26O3. The second-order valence-corrected chi connectivity index (χ2v) is 6.79. The van der Waals surface area contributed by atoms with Gasteiger partial charge in [0.05, 0.1) is 5.56 Å². The van der Waals surface area contributed by atoms with Crippen molar-refractivity contribution in [3.63, 3.8) is 0 Å². The standard InChI is InChI=1S/C25H26O3/c1-2-3-5-8-20-11-15-24(16-12-20)28-25(26)22-13-17-23(18-14-22)27-19-21-9-6-4-7-10-21/h4,6-7,9-18H,2-3,5,8,19H2,1H3. The van der Waals surface area contributed by atoms with Crippen LogP contribution in [0.4, 0.5) is 0 Å². The maximum atomic E-state index is 12.3. The Balaban J connectivity index is 1.51. The molecule has 3 aromatic carbocycles. The Labute approximate surface area is 166 Å². The van der Waals surface area contributed by atoms with Gasteiger partial charge in [0.1, 0.15) is 18.1 Å². The van der Waals surface area contributed by atoms with Crippen LogP contribution in [0.1, 0.15) is 47.7 Å². The van der Waals surface area contributed by atoms with E-state index < -0.39 is 0 Å². The van der Waals surface area contributed by atoms with E-state index in [0.29, 0.717) is 17.9 Å². The van der Waals surface area contributed by atoms with Crippen molar-refractivity contribution >= 4 is 5.97 Å². The number of unbranched alkanes of at least 4 members (excludes halogenated alkanes) is 2. The average molecular weight is 374 g/mol. The fourth-order valence-corrected chi connectivity index (χ4v) is 2.90. The molecule has 3 aromatic rings. The van der Waals surface area contributed by atoms with Crippen molar-refractivity contribution in [2.45, 2.75) is 39.2 Å². The summed E-state index contributed by atoms with van der Waals surface area (Å²) in [6.07, 6.45) is 4.70. The topological polar surface area (TPSA) is 35.5 Å². The quantitative estimate of drug-likeness (QED) is 0.253. The lowest BCUT2D eigenvalue weighted by molar-refractivity contribution is 0.0734. The molecule has 0 radical (unpaired) electrons. The summed E-state index contributed by atoms with van der Waals surface area (Å²) in [7, 11) is 0. The van der Waals surface area contributed by atoms with Crippen molar-refractivity contribution in [1.29, 1.82) is 0 Å². The third-order valence-electron chi connectivity index (χ3n) is 4.54. The molecule has 0 aliphatic rings. The highest BCUT2D eigenvalue weighted by Gasteiger charge is 2.09. The van der Waals surface area contributed by atoms with Crippen LogP contribution in [-0.2, 0) is 13.0 Å². The molecule has 0 unspecified atom stereocenters. The summed E-state index contributed by atoms with van der Waals surface area (Å²) in [6.45, 7) is 2.69. The molecule has 0 saturated carbocycles. The van der Waals surface area contributed by atoms with Gasteiger partial charge in [-0.3, -0.25) is 0 Å². The zero-order chi connectivity index (χ0) is 19.6. The minimum Gasteiger partial charge on any atom is -0.489 e. The number of carbonyl (C=O) groups is 1. The van der Waals surface area contributed by atoms with Crippen LogP contribution in [-0.4, -0.2) is 5.97 Å². The van der Waals surface area contributed by atoms with Gasteiger partial charge in [-0.15, -0.1) is 0 Å². The molecular weight excluding hydrogens is 348 g/mol. The third-order valence-corrected chi connectivity index (χ3v) is 4.54. The van der Waals surface area contributed by atoms with E-state index in [0.717, 1.165) is 17.7 Å². The van der Waals surface area contributed by atoms with Crippen LogP contribution in [0, 0.1) is 0 Å². The highest BCUT2D eigenvalue weighted by Crippen LogP contribution is 2.18. The van der Waals surface area contributed by atoms with Crippen molar-refractivity contribution in [1.82, 2.24) is 0 Å². The molecule has 0 aromatic heterocycles. The van der Waals surface area contributed by atoms with Crippen LogP contribution in [0.2, 0.25) is 0 Å². The summed E-state index contributed by atoms with van der Waals surface area (Å²) in [5, 5.41) is 0. The Hall–Kier alpha value is -3.07. The molecule has 0 bridgehead atoms. The van der Waals surface area contributed by atoms with E-state index in [2.05, 4.69) is 6.92 Å². The largest absolute Gasteiger partial charge is 0.489 e. The molecule has 0 aliphatic heterocycles. The Morgan fingerprint density at radius 2 is 1.43 bits per heavy atom. The zero-order valence-electron chi connectivity index (χ0n) is 16.3. The molecule has 144 valence electrons. The summed E-state index contributed by atoms with van der Waals surface area (Å²) in [5.41, 5.74) is 2.87. The molecule has 0 amide bonds. The second kappa shape index (κ2) is 10.3. The number of esters is 1. The number of ether oxygens (including phenoxy) is 2. The van der Waals surface area contributed by atoms with Crippen molar-refractivity contribution in [2.24, 2.45) is 0 Å². The van der Waals surface area contributed by atoms with E-state index in [-0.39, 0.29) is 5.97 Å². The number of hydrogen-bond donors (Lipinski definition) is 0. The Morgan fingerprint density at radius 1 is 0.750 bits per heavy atom. The van der Waals surface area contributed by atoms with Crippen LogP contribution in [0.15, 0.2) is 78.9 Å². The van der Waals surface area contributed by atoms with Gasteiger partial charge in [0.25, 0.3) is 0 Å². The summed E-state index contributed by atoms with van der Waals surface area (Å²) in [5.74, 6) is 0.916. The first-order chi connectivity index (χ1) is 13.7. The number of benzene rings is 3. The van der Waals surface area contributed by atoms with Crippen LogP contribution in [0.5, 0.6) is 11.5 Å². The highest BCUT2D eigenvalue weighted by molar-refractivity contribution is 5.91. The number of rotatable bonds is 9. The normalized spacial score (nSPS) is 10.5. The Kier molecular flexibility index (Phi) is 7.25. The molecule has 3 heteroatoms.